The first-order valence-corrected chi connectivity index (χ1v) is 13.8. The van der Waals surface area contributed by atoms with E-state index >= 15 is 0 Å². The monoisotopic (exact) mass is 555 g/mol. The van der Waals surface area contributed by atoms with Gasteiger partial charge in [-0.25, -0.2) is 19.1 Å². The minimum atomic E-state index is -5.38. The molecule has 19 heteroatoms. The number of imidazole rings is 1. The van der Waals surface area contributed by atoms with Crippen LogP contribution in [-0.4, -0.2) is 93.7 Å². The van der Waals surface area contributed by atoms with Crippen LogP contribution < -0.4 is 5.73 Å². The molecule has 1 aliphatic heterocycles. The van der Waals surface area contributed by atoms with Crippen LogP contribution in [0.3, 0.4) is 0 Å². The van der Waals surface area contributed by atoms with Crippen LogP contribution in [0.5, 0.6) is 0 Å². The standard InChI is InChI=1S/C17H27N5O12P2/c18-17-19-4-10-15(21-17)22(7-20-10)9-2-1-8(3-9)6-31-35(27,28)34-36(29,30)33-16-14(26)13(25)12(24)11(5-23)32-16/h4,7-9,11-14,16,23-26H,1-3,5-6H2,(H,27,28)(H,29,30)(H2,18,19,21)/t8-,9+,11-,12-,13+,14-,16+/m1/s1. The van der Waals surface area contributed by atoms with Crippen LogP contribution in [0.15, 0.2) is 12.5 Å². The van der Waals surface area contributed by atoms with Crippen LogP contribution in [0.25, 0.3) is 11.2 Å². The van der Waals surface area contributed by atoms with E-state index in [1.54, 1.807) is 6.33 Å². The van der Waals surface area contributed by atoms with E-state index in [0.29, 0.717) is 30.4 Å². The number of rotatable bonds is 9. The summed E-state index contributed by atoms with van der Waals surface area (Å²) in [5.41, 5.74) is 6.77. The zero-order valence-corrected chi connectivity index (χ0v) is 20.4. The number of nitrogens with zero attached hydrogens (tertiary/aromatic N) is 4. The van der Waals surface area contributed by atoms with E-state index in [0.717, 1.165) is 0 Å². The lowest BCUT2D eigenvalue weighted by Gasteiger charge is -2.39. The summed E-state index contributed by atoms with van der Waals surface area (Å²) in [6.45, 7) is -1.10. The Morgan fingerprint density at radius 1 is 1.11 bits per heavy atom. The molecule has 2 fully saturated rings. The van der Waals surface area contributed by atoms with Crippen molar-refractivity contribution in [2.45, 2.75) is 56.0 Å². The number of aliphatic hydroxyl groups is 4. The van der Waals surface area contributed by atoms with Gasteiger partial charge in [0.05, 0.1) is 25.7 Å². The molecule has 17 nitrogen and oxygen atoms in total. The van der Waals surface area contributed by atoms with Crippen molar-refractivity contribution in [3.8, 4) is 0 Å². The molecule has 1 saturated carbocycles. The maximum absolute atomic E-state index is 12.3. The lowest BCUT2D eigenvalue weighted by molar-refractivity contribution is -0.280. The Morgan fingerprint density at radius 2 is 1.86 bits per heavy atom. The number of nitrogen functional groups attached to an aromatic ring is 1. The van der Waals surface area contributed by atoms with Gasteiger partial charge in [0.15, 0.2) is 11.9 Å². The molecule has 0 amide bonds. The van der Waals surface area contributed by atoms with E-state index in [1.165, 1.54) is 6.20 Å². The molecule has 0 bridgehead atoms. The average molecular weight is 555 g/mol. The van der Waals surface area contributed by atoms with Crippen LogP contribution in [0.4, 0.5) is 5.95 Å². The Balaban J connectivity index is 1.31. The fraction of sp³-hybridized carbons (Fsp3) is 0.706. The Kier molecular flexibility index (Phi) is 8.12. The third kappa shape index (κ3) is 6.10. The number of hydrogen-bond acceptors (Lipinski definition) is 14. The maximum atomic E-state index is 12.3. The number of aliphatic hydroxyl groups excluding tert-OH is 4. The molecule has 8 N–H and O–H groups in total. The number of phosphoric acid groups is 2. The van der Waals surface area contributed by atoms with Gasteiger partial charge in [-0.05, 0) is 25.2 Å². The number of hydrogen-bond donors (Lipinski definition) is 7. The van der Waals surface area contributed by atoms with E-state index < -0.39 is 53.0 Å². The molecular weight excluding hydrogens is 528 g/mol. The molecule has 1 aliphatic carbocycles. The zero-order chi connectivity index (χ0) is 26.3. The molecule has 0 spiro atoms. The number of anilines is 1. The highest BCUT2D eigenvalue weighted by atomic mass is 31.3. The average Bonchev–Trinajstić information content (AvgIpc) is 3.44. The Labute approximate surface area is 203 Å². The predicted octanol–water partition coefficient (Wildman–Crippen LogP) is -1.20. The zero-order valence-electron chi connectivity index (χ0n) is 18.6. The second kappa shape index (κ2) is 10.6. The van der Waals surface area contributed by atoms with Crippen molar-refractivity contribution in [2.75, 3.05) is 18.9 Å². The predicted molar refractivity (Wildman–Crippen MR) is 118 cm³/mol. The number of nitrogens with two attached hydrogens (primary N) is 1. The number of ether oxygens (including phenoxy) is 1. The van der Waals surface area contributed by atoms with Gasteiger partial charge in [-0.15, -0.1) is 0 Å². The summed E-state index contributed by atoms with van der Waals surface area (Å²) in [6.07, 6.45) is -4.25. The van der Waals surface area contributed by atoms with Crippen molar-refractivity contribution in [1.82, 2.24) is 19.5 Å². The maximum Gasteiger partial charge on any atom is 0.483 e. The van der Waals surface area contributed by atoms with Crippen LogP contribution in [-0.2, 0) is 27.2 Å². The summed E-state index contributed by atoms with van der Waals surface area (Å²) in [5, 5.41) is 38.5. The fourth-order valence-electron chi connectivity index (χ4n) is 4.22. The summed E-state index contributed by atoms with van der Waals surface area (Å²) in [5.74, 6) is -0.111. The minimum Gasteiger partial charge on any atom is -0.394 e. The normalized spacial score (nSPS) is 34.4. The van der Waals surface area contributed by atoms with Gasteiger partial charge in [0.25, 0.3) is 0 Å². The molecule has 2 aliphatic rings. The third-order valence-electron chi connectivity index (χ3n) is 6.01. The number of phosphoric ester groups is 2. The molecule has 202 valence electrons. The first-order valence-electron chi connectivity index (χ1n) is 10.8. The van der Waals surface area contributed by atoms with Crippen molar-refractivity contribution < 1.29 is 57.4 Å². The molecular formula is C17H27N5O12P2. The van der Waals surface area contributed by atoms with Crippen LogP contribution in [0.2, 0.25) is 0 Å². The van der Waals surface area contributed by atoms with E-state index in [-0.39, 0.29) is 24.5 Å². The van der Waals surface area contributed by atoms with Crippen molar-refractivity contribution in [3.05, 3.63) is 12.5 Å². The second-order valence-electron chi connectivity index (χ2n) is 8.54. The molecule has 9 atom stereocenters. The lowest BCUT2D eigenvalue weighted by Crippen LogP contribution is -2.58. The highest BCUT2D eigenvalue weighted by molar-refractivity contribution is 7.61. The first kappa shape index (κ1) is 27.4. The first-order chi connectivity index (χ1) is 16.9. The minimum absolute atomic E-state index is 0.0460. The Morgan fingerprint density at radius 3 is 2.58 bits per heavy atom. The van der Waals surface area contributed by atoms with Gasteiger partial charge in [0, 0.05) is 6.04 Å². The van der Waals surface area contributed by atoms with Crippen LogP contribution in [0, 0.1) is 5.92 Å². The highest BCUT2D eigenvalue weighted by Gasteiger charge is 2.48. The van der Waals surface area contributed by atoms with Crippen molar-refractivity contribution in [1.29, 1.82) is 0 Å². The molecule has 4 rings (SSSR count). The summed E-state index contributed by atoms with van der Waals surface area (Å²) < 4.78 is 45.0. The summed E-state index contributed by atoms with van der Waals surface area (Å²) in [6, 6.07) is -0.0460. The van der Waals surface area contributed by atoms with Gasteiger partial charge in [0.2, 0.25) is 5.95 Å². The molecule has 0 radical (unpaired) electrons. The van der Waals surface area contributed by atoms with E-state index in [2.05, 4.69) is 23.8 Å². The third-order valence-corrected chi connectivity index (χ3v) is 8.61. The largest absolute Gasteiger partial charge is 0.483 e. The van der Waals surface area contributed by atoms with Gasteiger partial charge in [0.1, 0.15) is 29.9 Å². The van der Waals surface area contributed by atoms with Gasteiger partial charge in [-0.3, -0.25) is 9.05 Å². The molecule has 2 unspecified atom stereocenters. The molecule has 2 aromatic heterocycles. The second-order valence-corrected chi connectivity index (χ2v) is 11.5. The molecule has 36 heavy (non-hydrogen) atoms. The smallest absolute Gasteiger partial charge is 0.394 e. The van der Waals surface area contributed by atoms with E-state index in [4.69, 9.17) is 20.1 Å². The fourth-order valence-corrected chi connectivity index (χ4v) is 6.44. The van der Waals surface area contributed by atoms with Gasteiger partial charge in [-0.1, -0.05) is 0 Å². The number of fused-ring (bicyclic) bond motifs is 1. The molecule has 3 heterocycles. The Bertz CT molecular complexity index is 1170. The van der Waals surface area contributed by atoms with Gasteiger partial charge in [-0.2, -0.15) is 9.29 Å². The summed E-state index contributed by atoms with van der Waals surface area (Å²) in [4.78, 5) is 32.1. The quantitative estimate of drug-likeness (QED) is 0.179. The highest BCUT2D eigenvalue weighted by Crippen LogP contribution is 2.61. The summed E-state index contributed by atoms with van der Waals surface area (Å²) in [7, 11) is -10.5. The number of aromatic nitrogens is 4. The molecule has 0 aromatic carbocycles. The lowest BCUT2D eigenvalue weighted by atomic mass is 10.00. The summed E-state index contributed by atoms with van der Waals surface area (Å²) >= 11 is 0. The van der Waals surface area contributed by atoms with Crippen molar-refractivity contribution in [3.63, 3.8) is 0 Å². The Hall–Kier alpha value is -1.59. The van der Waals surface area contributed by atoms with Crippen molar-refractivity contribution >= 4 is 32.8 Å². The molecule has 1 saturated heterocycles. The topological polar surface area (TPSA) is 262 Å². The van der Waals surface area contributed by atoms with E-state index in [9.17, 15) is 34.2 Å². The van der Waals surface area contributed by atoms with Gasteiger partial charge < -0.3 is 45.3 Å². The van der Waals surface area contributed by atoms with E-state index in [1.807, 2.05) is 4.57 Å². The SMILES string of the molecule is Nc1ncc2ncn([C@H]3CC[C@@H](COP(=O)(O)OP(=O)(O)O[C@@H]4O[C@H](CO)[C@@H](O)[C@H](O)[C@H]4O)C3)c2n1. The molecule has 2 aromatic rings. The van der Waals surface area contributed by atoms with Crippen LogP contribution >= 0.6 is 15.6 Å². The van der Waals surface area contributed by atoms with Crippen LogP contribution in [0.1, 0.15) is 25.3 Å². The van der Waals surface area contributed by atoms with Gasteiger partial charge >= 0.3 is 15.6 Å². The van der Waals surface area contributed by atoms with Crippen molar-refractivity contribution in [2.24, 2.45) is 5.92 Å².